The summed E-state index contributed by atoms with van der Waals surface area (Å²) in [7, 11) is 0. The molecule has 2 aromatic rings. The molecular formula is C20H21NO2. The zero-order valence-electron chi connectivity index (χ0n) is 13.3. The Hall–Kier alpha value is -2.39. The molecule has 23 heavy (non-hydrogen) atoms. The quantitative estimate of drug-likeness (QED) is 0.462. The van der Waals surface area contributed by atoms with Crippen LogP contribution in [0.2, 0.25) is 0 Å². The minimum atomic E-state index is -0.272. The lowest BCUT2D eigenvalue weighted by Crippen LogP contribution is -2.02. The molecule has 1 aliphatic rings. The molecular weight excluding hydrogens is 286 g/mol. The molecule has 3 rings (SSSR count). The maximum atomic E-state index is 11.6. The first-order chi connectivity index (χ1) is 11.3. The van der Waals surface area contributed by atoms with E-state index in [9.17, 15) is 4.79 Å². The van der Waals surface area contributed by atoms with E-state index in [1.807, 2.05) is 25.1 Å². The van der Waals surface area contributed by atoms with Gasteiger partial charge in [0.1, 0.15) is 0 Å². The van der Waals surface area contributed by atoms with Crippen LogP contribution in [-0.2, 0) is 16.1 Å². The Balaban J connectivity index is 1.74. The van der Waals surface area contributed by atoms with Crippen molar-refractivity contribution in [1.82, 2.24) is 4.90 Å². The summed E-state index contributed by atoms with van der Waals surface area (Å²) in [4.78, 5) is 13.9. The molecule has 1 fully saturated rings. The Labute approximate surface area is 137 Å². The van der Waals surface area contributed by atoms with Crippen LogP contribution in [0.5, 0.6) is 0 Å². The first-order valence-electron chi connectivity index (χ1n) is 7.99. The second-order valence-corrected chi connectivity index (χ2v) is 5.62. The van der Waals surface area contributed by atoms with Crippen molar-refractivity contribution in [3.05, 3.63) is 83.9 Å². The second-order valence-electron chi connectivity index (χ2n) is 5.62. The van der Waals surface area contributed by atoms with Gasteiger partial charge in [-0.05, 0) is 18.1 Å². The molecule has 1 saturated heterocycles. The lowest BCUT2D eigenvalue weighted by atomic mass is 10.1. The molecule has 118 valence electrons. The Kier molecular flexibility index (Phi) is 4.89. The highest BCUT2D eigenvalue weighted by molar-refractivity contribution is 5.82. The number of ether oxygens (including phenoxy) is 1. The predicted octanol–water partition coefficient (Wildman–Crippen LogP) is 3.73. The highest BCUT2D eigenvalue weighted by atomic mass is 16.5. The summed E-state index contributed by atoms with van der Waals surface area (Å²) in [6.07, 6.45) is 3.51. The van der Waals surface area contributed by atoms with Crippen molar-refractivity contribution in [2.24, 2.45) is 0 Å². The van der Waals surface area contributed by atoms with Crippen LogP contribution in [0.1, 0.15) is 24.1 Å². The summed E-state index contributed by atoms with van der Waals surface area (Å²) in [6.45, 7) is 3.10. The number of rotatable bonds is 6. The van der Waals surface area contributed by atoms with Gasteiger partial charge in [0, 0.05) is 18.7 Å². The van der Waals surface area contributed by atoms with E-state index in [1.165, 1.54) is 11.1 Å². The third kappa shape index (κ3) is 3.88. The van der Waals surface area contributed by atoms with Crippen LogP contribution in [0.4, 0.5) is 0 Å². The standard InChI is InChI=1S/C20H21NO2/c1-2-23-19(22)14-13-18-20(17-11-7-4-8-12-17)21(18)15-16-9-5-3-6-10-16/h3-14,18,20H,2,15H2,1H3/b14-13+/t18-,20+,21?/m0/s1. The number of hydrogen-bond acceptors (Lipinski definition) is 3. The fourth-order valence-electron chi connectivity index (χ4n) is 2.92. The zero-order valence-corrected chi connectivity index (χ0v) is 13.3. The largest absolute Gasteiger partial charge is 0.463 e. The smallest absolute Gasteiger partial charge is 0.330 e. The highest BCUT2D eigenvalue weighted by Gasteiger charge is 2.46. The summed E-state index contributed by atoms with van der Waals surface area (Å²) in [6, 6.07) is 21.4. The molecule has 0 bridgehead atoms. The molecule has 3 nitrogen and oxygen atoms in total. The monoisotopic (exact) mass is 307 g/mol. The van der Waals surface area contributed by atoms with Crippen molar-refractivity contribution < 1.29 is 9.53 Å². The molecule has 0 aromatic heterocycles. The first kappa shape index (κ1) is 15.5. The molecule has 0 spiro atoms. The lowest BCUT2D eigenvalue weighted by molar-refractivity contribution is -0.137. The Morgan fingerprint density at radius 3 is 2.39 bits per heavy atom. The van der Waals surface area contributed by atoms with Gasteiger partial charge in [-0.25, -0.2) is 4.79 Å². The lowest BCUT2D eigenvalue weighted by Gasteiger charge is -2.04. The van der Waals surface area contributed by atoms with E-state index in [0.717, 1.165) is 6.54 Å². The van der Waals surface area contributed by atoms with Gasteiger partial charge in [-0.3, -0.25) is 4.90 Å². The van der Waals surface area contributed by atoms with Gasteiger partial charge in [0.15, 0.2) is 0 Å². The van der Waals surface area contributed by atoms with Crippen LogP contribution in [0, 0.1) is 0 Å². The normalized spacial score (nSPS) is 22.9. The van der Waals surface area contributed by atoms with Crippen molar-refractivity contribution in [3.63, 3.8) is 0 Å². The SMILES string of the molecule is CCOC(=O)/C=C/[C@H]1[C@@H](c2ccccc2)N1Cc1ccccc1. The summed E-state index contributed by atoms with van der Waals surface area (Å²) in [5, 5.41) is 0. The molecule has 0 amide bonds. The van der Waals surface area contributed by atoms with Crippen molar-refractivity contribution in [2.75, 3.05) is 6.61 Å². The second kappa shape index (κ2) is 7.25. The van der Waals surface area contributed by atoms with Gasteiger partial charge in [-0.15, -0.1) is 0 Å². The van der Waals surface area contributed by atoms with Crippen LogP contribution >= 0.6 is 0 Å². The van der Waals surface area contributed by atoms with Crippen LogP contribution in [0.25, 0.3) is 0 Å². The molecule has 0 aliphatic carbocycles. The molecule has 3 heteroatoms. The highest BCUT2D eigenvalue weighted by Crippen LogP contribution is 2.45. The molecule has 2 aromatic carbocycles. The average Bonchev–Trinajstić information content (AvgIpc) is 3.27. The van der Waals surface area contributed by atoms with Crippen molar-refractivity contribution in [2.45, 2.75) is 25.6 Å². The van der Waals surface area contributed by atoms with E-state index in [4.69, 9.17) is 4.74 Å². The van der Waals surface area contributed by atoms with Gasteiger partial charge in [0.25, 0.3) is 0 Å². The zero-order chi connectivity index (χ0) is 16.1. The van der Waals surface area contributed by atoms with Crippen LogP contribution in [0.3, 0.4) is 0 Å². The molecule has 0 radical (unpaired) electrons. The maximum absolute atomic E-state index is 11.6. The fourth-order valence-corrected chi connectivity index (χ4v) is 2.92. The van der Waals surface area contributed by atoms with Gasteiger partial charge < -0.3 is 4.74 Å². The molecule has 1 aliphatic heterocycles. The average molecular weight is 307 g/mol. The molecule has 1 unspecified atom stereocenters. The van der Waals surface area contributed by atoms with E-state index in [-0.39, 0.29) is 12.0 Å². The number of esters is 1. The van der Waals surface area contributed by atoms with E-state index < -0.39 is 0 Å². The predicted molar refractivity (Wildman–Crippen MR) is 90.7 cm³/mol. The Bertz CT molecular complexity index is 667. The van der Waals surface area contributed by atoms with Crippen LogP contribution in [0.15, 0.2) is 72.8 Å². The van der Waals surface area contributed by atoms with Crippen molar-refractivity contribution >= 4 is 5.97 Å². The topological polar surface area (TPSA) is 29.3 Å². The van der Waals surface area contributed by atoms with Crippen LogP contribution < -0.4 is 0 Å². The maximum Gasteiger partial charge on any atom is 0.330 e. The van der Waals surface area contributed by atoms with Crippen molar-refractivity contribution in [1.29, 1.82) is 0 Å². The third-order valence-electron chi connectivity index (χ3n) is 4.04. The summed E-state index contributed by atoms with van der Waals surface area (Å²) in [5.74, 6) is -0.272. The van der Waals surface area contributed by atoms with E-state index in [2.05, 4.69) is 53.4 Å². The van der Waals surface area contributed by atoms with Gasteiger partial charge in [0.2, 0.25) is 0 Å². The third-order valence-corrected chi connectivity index (χ3v) is 4.04. The fraction of sp³-hybridized carbons (Fsp3) is 0.250. The summed E-state index contributed by atoms with van der Waals surface area (Å²) in [5.41, 5.74) is 2.56. The Morgan fingerprint density at radius 1 is 1.09 bits per heavy atom. The number of hydrogen-bond donors (Lipinski definition) is 0. The number of carbonyl (C=O) groups is 1. The summed E-state index contributed by atoms with van der Waals surface area (Å²) >= 11 is 0. The first-order valence-corrected chi connectivity index (χ1v) is 7.99. The van der Waals surface area contributed by atoms with Gasteiger partial charge in [0.05, 0.1) is 12.6 Å². The van der Waals surface area contributed by atoms with E-state index >= 15 is 0 Å². The van der Waals surface area contributed by atoms with E-state index in [1.54, 1.807) is 6.08 Å². The molecule has 0 saturated carbocycles. The van der Waals surface area contributed by atoms with Gasteiger partial charge in [-0.1, -0.05) is 66.7 Å². The van der Waals surface area contributed by atoms with Crippen molar-refractivity contribution in [3.8, 4) is 0 Å². The number of nitrogens with zero attached hydrogens (tertiary/aromatic N) is 1. The number of benzene rings is 2. The molecule has 1 heterocycles. The minimum absolute atomic E-state index is 0.238. The molecule has 0 N–H and O–H groups in total. The van der Waals surface area contributed by atoms with Crippen LogP contribution in [-0.4, -0.2) is 23.5 Å². The van der Waals surface area contributed by atoms with E-state index in [0.29, 0.717) is 12.6 Å². The van der Waals surface area contributed by atoms with Gasteiger partial charge in [-0.2, -0.15) is 0 Å². The van der Waals surface area contributed by atoms with Gasteiger partial charge >= 0.3 is 5.97 Å². The number of carbonyl (C=O) groups excluding carboxylic acids is 1. The molecule has 3 atom stereocenters. The summed E-state index contributed by atoms with van der Waals surface area (Å²) < 4.78 is 4.97. The Morgan fingerprint density at radius 2 is 1.74 bits per heavy atom. The minimum Gasteiger partial charge on any atom is -0.463 e.